The molecule has 1 saturated carbocycles. The molecule has 6 nitrogen and oxygen atoms in total. The molecule has 4 rings (SSSR count). The van der Waals surface area contributed by atoms with Gasteiger partial charge >= 0.3 is 0 Å². The number of methoxy groups -OCH3 is 1. The number of rotatable bonds is 10. The summed E-state index contributed by atoms with van der Waals surface area (Å²) in [6.07, 6.45) is 3.01. The van der Waals surface area contributed by atoms with E-state index in [0.29, 0.717) is 13.1 Å². The highest BCUT2D eigenvalue weighted by atomic mass is 16.5. The molecule has 1 saturated heterocycles. The molecule has 0 bridgehead atoms. The van der Waals surface area contributed by atoms with Gasteiger partial charge in [-0.25, -0.2) is 0 Å². The lowest BCUT2D eigenvalue weighted by Gasteiger charge is -2.31. The first kappa shape index (κ1) is 22.1. The summed E-state index contributed by atoms with van der Waals surface area (Å²) in [4.78, 5) is 2.19. The minimum absolute atomic E-state index is 0.0416. The molecule has 2 aliphatic rings. The van der Waals surface area contributed by atoms with E-state index in [-0.39, 0.29) is 18.2 Å². The van der Waals surface area contributed by atoms with Crippen LogP contribution in [0.2, 0.25) is 0 Å². The van der Waals surface area contributed by atoms with E-state index >= 15 is 0 Å². The van der Waals surface area contributed by atoms with Gasteiger partial charge in [-0.2, -0.15) is 0 Å². The van der Waals surface area contributed by atoms with Crippen LogP contribution in [0.1, 0.15) is 36.8 Å². The Balaban J connectivity index is 1.35. The van der Waals surface area contributed by atoms with Crippen molar-refractivity contribution in [2.75, 3.05) is 33.4 Å². The number of piperidine rings is 1. The van der Waals surface area contributed by atoms with E-state index in [2.05, 4.69) is 34.5 Å². The second-order valence-corrected chi connectivity index (χ2v) is 8.77. The molecule has 168 valence electrons. The molecule has 2 aromatic rings. The summed E-state index contributed by atoms with van der Waals surface area (Å²) in [5.74, 6) is 1.56. The Morgan fingerprint density at radius 2 is 1.87 bits per heavy atom. The zero-order chi connectivity index (χ0) is 21.7. The monoisotopic (exact) mass is 426 g/mol. The topological polar surface area (TPSA) is 74.2 Å². The van der Waals surface area contributed by atoms with E-state index in [9.17, 15) is 10.2 Å². The van der Waals surface area contributed by atoms with Crippen LogP contribution in [-0.2, 0) is 12.1 Å². The molecule has 2 aromatic carbocycles. The van der Waals surface area contributed by atoms with Crippen molar-refractivity contribution in [3.05, 3.63) is 59.7 Å². The number of nitrogens with one attached hydrogen (secondary N) is 1. The molecule has 0 amide bonds. The molecule has 6 heteroatoms. The Kier molecular flexibility index (Phi) is 7.13. The summed E-state index contributed by atoms with van der Waals surface area (Å²) in [5, 5.41) is 23.8. The van der Waals surface area contributed by atoms with Gasteiger partial charge in [-0.15, -0.1) is 0 Å². The first-order valence-corrected chi connectivity index (χ1v) is 11.3. The number of β-amino-alcohol motifs (C(OH)–C–C–N with tert-alkyl or cyclic N) is 1. The molecule has 1 aliphatic heterocycles. The lowest BCUT2D eigenvalue weighted by atomic mass is 10.0. The summed E-state index contributed by atoms with van der Waals surface area (Å²) >= 11 is 0. The van der Waals surface area contributed by atoms with Gasteiger partial charge in [0, 0.05) is 37.3 Å². The zero-order valence-electron chi connectivity index (χ0n) is 18.3. The van der Waals surface area contributed by atoms with Crippen LogP contribution in [0.3, 0.4) is 0 Å². The lowest BCUT2D eigenvalue weighted by Crippen LogP contribution is -2.41. The van der Waals surface area contributed by atoms with Crippen LogP contribution in [0, 0.1) is 0 Å². The predicted molar refractivity (Wildman–Crippen MR) is 120 cm³/mol. The highest BCUT2D eigenvalue weighted by molar-refractivity contribution is 5.41. The second-order valence-electron chi connectivity index (χ2n) is 8.77. The van der Waals surface area contributed by atoms with E-state index in [0.717, 1.165) is 55.8 Å². The van der Waals surface area contributed by atoms with Crippen LogP contribution in [0.4, 0.5) is 0 Å². The van der Waals surface area contributed by atoms with Gasteiger partial charge in [0.2, 0.25) is 0 Å². The molecule has 3 N–H and O–H groups in total. The standard InChI is InChI=1S/C25H34N2O4/c1-30-23-7-8-24(31-18-22(29)17-27-13-9-21(28)10-14-27)19(15-23)16-26-25(11-12-25)20-5-3-2-4-6-20/h2-8,15,21-22,26,28-29H,9-14,16-18H2,1H3/t22-/m1/s1. The summed E-state index contributed by atoms with van der Waals surface area (Å²) < 4.78 is 11.4. The third-order valence-electron chi connectivity index (χ3n) is 6.42. The molecule has 0 unspecified atom stereocenters. The summed E-state index contributed by atoms with van der Waals surface area (Å²) in [6, 6.07) is 16.4. The first-order chi connectivity index (χ1) is 15.1. The van der Waals surface area contributed by atoms with Crippen molar-refractivity contribution in [3.63, 3.8) is 0 Å². The lowest BCUT2D eigenvalue weighted by molar-refractivity contribution is 0.0336. The van der Waals surface area contributed by atoms with Crippen molar-refractivity contribution in [2.45, 2.75) is 50.0 Å². The minimum Gasteiger partial charge on any atom is -0.497 e. The Morgan fingerprint density at radius 3 is 2.55 bits per heavy atom. The summed E-state index contributed by atoms with van der Waals surface area (Å²) in [5.41, 5.74) is 2.39. The number of likely N-dealkylation sites (tertiary alicyclic amines) is 1. The van der Waals surface area contributed by atoms with Crippen LogP contribution < -0.4 is 14.8 Å². The van der Waals surface area contributed by atoms with Gasteiger partial charge in [-0.1, -0.05) is 30.3 Å². The highest BCUT2D eigenvalue weighted by Crippen LogP contribution is 2.45. The molecule has 1 heterocycles. The molecule has 0 radical (unpaired) electrons. The zero-order valence-corrected chi connectivity index (χ0v) is 18.3. The second kappa shape index (κ2) is 10.0. The number of hydrogen-bond donors (Lipinski definition) is 3. The molecule has 0 aromatic heterocycles. The number of benzene rings is 2. The fraction of sp³-hybridized carbons (Fsp3) is 0.520. The fourth-order valence-corrected chi connectivity index (χ4v) is 4.31. The van der Waals surface area contributed by atoms with Crippen LogP contribution >= 0.6 is 0 Å². The molecular weight excluding hydrogens is 392 g/mol. The van der Waals surface area contributed by atoms with Crippen LogP contribution in [-0.4, -0.2) is 60.7 Å². The van der Waals surface area contributed by atoms with Crippen molar-refractivity contribution in [3.8, 4) is 11.5 Å². The Labute approximate surface area is 184 Å². The largest absolute Gasteiger partial charge is 0.497 e. The van der Waals surface area contributed by atoms with Gasteiger partial charge in [0.25, 0.3) is 0 Å². The van der Waals surface area contributed by atoms with E-state index in [4.69, 9.17) is 9.47 Å². The first-order valence-electron chi connectivity index (χ1n) is 11.3. The molecular formula is C25H34N2O4. The molecule has 2 fully saturated rings. The van der Waals surface area contributed by atoms with Crippen molar-refractivity contribution in [2.24, 2.45) is 0 Å². The highest BCUT2D eigenvalue weighted by Gasteiger charge is 2.43. The number of hydrogen-bond acceptors (Lipinski definition) is 6. The van der Waals surface area contributed by atoms with Gasteiger partial charge in [-0.3, -0.25) is 0 Å². The van der Waals surface area contributed by atoms with Crippen LogP contribution in [0.25, 0.3) is 0 Å². The number of ether oxygens (including phenoxy) is 2. The number of nitrogens with zero attached hydrogens (tertiary/aromatic N) is 1. The van der Waals surface area contributed by atoms with Crippen LogP contribution in [0.15, 0.2) is 48.5 Å². The smallest absolute Gasteiger partial charge is 0.124 e. The van der Waals surface area contributed by atoms with Gasteiger partial charge in [0.15, 0.2) is 0 Å². The quantitative estimate of drug-likeness (QED) is 0.543. The molecule has 31 heavy (non-hydrogen) atoms. The average Bonchev–Trinajstić information content (AvgIpc) is 3.60. The van der Waals surface area contributed by atoms with Crippen molar-refractivity contribution < 1.29 is 19.7 Å². The summed E-state index contributed by atoms with van der Waals surface area (Å²) in [7, 11) is 1.67. The van der Waals surface area contributed by atoms with E-state index in [1.165, 1.54) is 5.56 Å². The van der Waals surface area contributed by atoms with Gasteiger partial charge < -0.3 is 29.9 Å². The molecule has 1 atom stereocenters. The van der Waals surface area contributed by atoms with Crippen molar-refractivity contribution in [1.82, 2.24) is 10.2 Å². The van der Waals surface area contributed by atoms with E-state index < -0.39 is 6.10 Å². The maximum absolute atomic E-state index is 10.5. The van der Waals surface area contributed by atoms with Gasteiger partial charge in [0.1, 0.15) is 24.2 Å². The van der Waals surface area contributed by atoms with Gasteiger partial charge in [0.05, 0.1) is 13.2 Å². The number of aliphatic hydroxyl groups excluding tert-OH is 2. The van der Waals surface area contributed by atoms with E-state index in [1.54, 1.807) is 7.11 Å². The Bertz CT molecular complexity index is 833. The molecule has 0 spiro atoms. The average molecular weight is 427 g/mol. The third kappa shape index (κ3) is 5.77. The maximum atomic E-state index is 10.5. The van der Waals surface area contributed by atoms with Gasteiger partial charge in [-0.05, 0) is 49.4 Å². The van der Waals surface area contributed by atoms with Crippen molar-refractivity contribution in [1.29, 1.82) is 0 Å². The molecule has 1 aliphatic carbocycles. The Morgan fingerprint density at radius 1 is 1.13 bits per heavy atom. The van der Waals surface area contributed by atoms with E-state index in [1.807, 2.05) is 24.3 Å². The SMILES string of the molecule is COc1ccc(OC[C@H](O)CN2CCC(O)CC2)c(CNC2(c3ccccc3)CC2)c1. The summed E-state index contributed by atoms with van der Waals surface area (Å²) in [6.45, 7) is 3.10. The third-order valence-corrected chi connectivity index (χ3v) is 6.42. The normalized spacial score (nSPS) is 19.7. The fourth-order valence-electron chi connectivity index (χ4n) is 4.31. The predicted octanol–water partition coefficient (Wildman–Crippen LogP) is 2.67. The van der Waals surface area contributed by atoms with Crippen molar-refractivity contribution >= 4 is 0 Å². The van der Waals surface area contributed by atoms with Crippen LogP contribution in [0.5, 0.6) is 11.5 Å². The Hall–Kier alpha value is -2.12. The number of aliphatic hydroxyl groups is 2. The maximum Gasteiger partial charge on any atom is 0.124 e. The minimum atomic E-state index is -0.572.